The lowest BCUT2D eigenvalue weighted by Crippen LogP contribution is -2.29. The van der Waals surface area contributed by atoms with Gasteiger partial charge in [-0.3, -0.25) is 0 Å². The number of nitrogens with one attached hydrogen (secondary N) is 2. The van der Waals surface area contributed by atoms with E-state index in [1.807, 2.05) is 0 Å². The highest BCUT2D eigenvalue weighted by Gasteiger charge is 2.24. The van der Waals surface area contributed by atoms with Crippen molar-refractivity contribution in [1.29, 1.82) is 0 Å². The first-order valence-corrected chi connectivity index (χ1v) is 6.11. The summed E-state index contributed by atoms with van der Waals surface area (Å²) in [6, 6.07) is 6.73. The number of ether oxygens (including phenoxy) is 1. The molecule has 0 radical (unpaired) electrons. The molecule has 6 heteroatoms. The van der Waals surface area contributed by atoms with Gasteiger partial charge >= 0.3 is 12.1 Å². The van der Waals surface area contributed by atoms with E-state index in [1.54, 1.807) is 38.4 Å². The number of carbonyl (C=O) groups excluding carboxylic acids is 2. The number of nitrogens with zero attached hydrogens (tertiary/aromatic N) is 1. The van der Waals surface area contributed by atoms with E-state index in [4.69, 9.17) is 4.74 Å². The van der Waals surface area contributed by atoms with Crippen molar-refractivity contribution in [3.8, 4) is 5.75 Å². The summed E-state index contributed by atoms with van der Waals surface area (Å²) in [7, 11) is 3.30. The molecule has 0 aliphatic heterocycles. The molecule has 19 heavy (non-hydrogen) atoms. The first-order chi connectivity index (χ1) is 9.04. The molecule has 0 bridgehead atoms. The first-order valence-electron chi connectivity index (χ1n) is 6.11. The highest BCUT2D eigenvalue weighted by molar-refractivity contribution is 5.89. The van der Waals surface area contributed by atoms with Gasteiger partial charge in [-0.1, -0.05) is 6.07 Å². The summed E-state index contributed by atoms with van der Waals surface area (Å²) in [5, 5.41) is 5.41. The van der Waals surface area contributed by atoms with E-state index in [-0.39, 0.29) is 12.1 Å². The van der Waals surface area contributed by atoms with Crippen molar-refractivity contribution in [3.05, 3.63) is 24.3 Å². The zero-order valence-electron chi connectivity index (χ0n) is 11.0. The van der Waals surface area contributed by atoms with Crippen LogP contribution in [0, 0.1) is 0 Å². The molecule has 1 aromatic carbocycles. The smallest absolute Gasteiger partial charge is 0.410 e. The zero-order valence-corrected chi connectivity index (χ0v) is 11.0. The van der Waals surface area contributed by atoms with Crippen LogP contribution in [0.15, 0.2) is 24.3 Å². The Balaban J connectivity index is 1.93. The first kappa shape index (κ1) is 13.2. The molecule has 1 saturated carbocycles. The Morgan fingerprint density at radius 2 is 2.05 bits per heavy atom. The molecule has 102 valence electrons. The van der Waals surface area contributed by atoms with E-state index >= 15 is 0 Å². The highest BCUT2D eigenvalue weighted by Crippen LogP contribution is 2.20. The van der Waals surface area contributed by atoms with Crippen LogP contribution in [-0.2, 0) is 0 Å². The molecule has 0 unspecified atom stereocenters. The van der Waals surface area contributed by atoms with Gasteiger partial charge in [0.2, 0.25) is 0 Å². The predicted octanol–water partition coefficient (Wildman–Crippen LogP) is 2.03. The average Bonchev–Trinajstić information content (AvgIpc) is 3.12. The average molecular weight is 263 g/mol. The van der Waals surface area contributed by atoms with Crippen molar-refractivity contribution in [3.63, 3.8) is 0 Å². The number of urea groups is 1. The van der Waals surface area contributed by atoms with Crippen molar-refractivity contribution in [2.24, 2.45) is 0 Å². The molecule has 0 heterocycles. The van der Waals surface area contributed by atoms with Gasteiger partial charge in [-0.2, -0.15) is 0 Å². The molecule has 6 nitrogen and oxygen atoms in total. The largest absolute Gasteiger partial charge is 0.412 e. The Hall–Kier alpha value is -2.24. The SMILES string of the molecule is CN(C)C(=O)Nc1cccc(OC(=O)NC2CC2)c1. The third-order valence-corrected chi connectivity index (χ3v) is 2.60. The third kappa shape index (κ3) is 4.17. The molecule has 3 amide bonds. The third-order valence-electron chi connectivity index (χ3n) is 2.60. The second kappa shape index (κ2) is 5.60. The lowest BCUT2D eigenvalue weighted by molar-refractivity contribution is 0.200. The van der Waals surface area contributed by atoms with Crippen molar-refractivity contribution in [2.45, 2.75) is 18.9 Å². The van der Waals surface area contributed by atoms with Crippen molar-refractivity contribution in [1.82, 2.24) is 10.2 Å². The Morgan fingerprint density at radius 3 is 2.68 bits per heavy atom. The molecule has 1 aliphatic rings. The lowest BCUT2D eigenvalue weighted by Gasteiger charge is -2.12. The lowest BCUT2D eigenvalue weighted by atomic mass is 10.3. The normalized spacial score (nSPS) is 13.6. The molecule has 2 N–H and O–H groups in total. The van der Waals surface area contributed by atoms with Crippen LogP contribution in [0.25, 0.3) is 0 Å². The maximum Gasteiger partial charge on any atom is 0.412 e. The zero-order chi connectivity index (χ0) is 13.8. The van der Waals surface area contributed by atoms with E-state index < -0.39 is 6.09 Å². The van der Waals surface area contributed by atoms with Gasteiger partial charge in [-0.15, -0.1) is 0 Å². The quantitative estimate of drug-likeness (QED) is 0.876. The number of rotatable bonds is 3. The van der Waals surface area contributed by atoms with Gasteiger partial charge in [0.05, 0.1) is 0 Å². The second-order valence-corrected chi connectivity index (χ2v) is 4.66. The fourth-order valence-corrected chi connectivity index (χ4v) is 1.40. The standard InChI is InChI=1S/C13H17N3O3/c1-16(2)12(17)14-10-4-3-5-11(8-10)19-13(18)15-9-6-7-9/h3-5,8-9H,6-7H2,1-2H3,(H,14,17)(H,15,18). The summed E-state index contributed by atoms with van der Waals surface area (Å²) < 4.78 is 5.13. The van der Waals surface area contributed by atoms with Crippen LogP contribution in [0.2, 0.25) is 0 Å². The van der Waals surface area contributed by atoms with E-state index in [1.165, 1.54) is 4.90 Å². The topological polar surface area (TPSA) is 70.7 Å². The molecule has 1 fully saturated rings. The van der Waals surface area contributed by atoms with E-state index in [0.717, 1.165) is 12.8 Å². The molecular formula is C13H17N3O3. The maximum atomic E-state index is 11.5. The summed E-state index contributed by atoms with van der Waals surface area (Å²) >= 11 is 0. The van der Waals surface area contributed by atoms with Gasteiger partial charge in [0.15, 0.2) is 0 Å². The Bertz CT molecular complexity index is 484. The number of hydrogen-bond donors (Lipinski definition) is 2. The summed E-state index contributed by atoms with van der Waals surface area (Å²) in [6.07, 6.45) is 1.56. The van der Waals surface area contributed by atoms with E-state index in [0.29, 0.717) is 11.4 Å². The Kier molecular flexibility index (Phi) is 3.89. The van der Waals surface area contributed by atoms with E-state index in [9.17, 15) is 9.59 Å². The summed E-state index contributed by atoms with van der Waals surface area (Å²) in [4.78, 5) is 24.4. The number of anilines is 1. The van der Waals surface area contributed by atoms with Crippen LogP contribution in [0.4, 0.5) is 15.3 Å². The van der Waals surface area contributed by atoms with E-state index in [2.05, 4.69) is 10.6 Å². The molecule has 0 spiro atoms. The maximum absolute atomic E-state index is 11.5. The molecule has 0 aromatic heterocycles. The number of hydrogen-bond acceptors (Lipinski definition) is 3. The minimum Gasteiger partial charge on any atom is -0.410 e. The van der Waals surface area contributed by atoms with Crippen LogP contribution >= 0.6 is 0 Å². The van der Waals surface area contributed by atoms with Crippen LogP contribution in [0.3, 0.4) is 0 Å². The fourth-order valence-electron chi connectivity index (χ4n) is 1.40. The van der Waals surface area contributed by atoms with Gasteiger partial charge in [0.1, 0.15) is 5.75 Å². The predicted molar refractivity (Wildman–Crippen MR) is 71.3 cm³/mol. The number of carbonyl (C=O) groups is 2. The molecule has 1 aliphatic carbocycles. The molecule has 0 atom stereocenters. The van der Waals surface area contributed by atoms with Crippen LogP contribution in [0.5, 0.6) is 5.75 Å². The van der Waals surface area contributed by atoms with Gasteiger partial charge in [-0.05, 0) is 25.0 Å². The highest BCUT2D eigenvalue weighted by atomic mass is 16.6. The summed E-state index contributed by atoms with van der Waals surface area (Å²) in [6.45, 7) is 0. The number of benzene rings is 1. The Morgan fingerprint density at radius 1 is 1.32 bits per heavy atom. The van der Waals surface area contributed by atoms with Gasteiger partial charge in [0, 0.05) is 31.9 Å². The van der Waals surface area contributed by atoms with Gasteiger partial charge in [-0.25, -0.2) is 9.59 Å². The van der Waals surface area contributed by atoms with Gasteiger partial charge in [0.25, 0.3) is 0 Å². The van der Waals surface area contributed by atoms with Crippen LogP contribution in [0.1, 0.15) is 12.8 Å². The van der Waals surface area contributed by atoms with Crippen molar-refractivity contribution < 1.29 is 14.3 Å². The van der Waals surface area contributed by atoms with Crippen molar-refractivity contribution in [2.75, 3.05) is 19.4 Å². The monoisotopic (exact) mass is 263 g/mol. The van der Waals surface area contributed by atoms with Crippen LogP contribution < -0.4 is 15.4 Å². The minimum atomic E-state index is -0.460. The molecule has 2 rings (SSSR count). The van der Waals surface area contributed by atoms with Gasteiger partial charge < -0.3 is 20.3 Å². The number of amides is 3. The molecular weight excluding hydrogens is 246 g/mol. The Labute approximate surface area is 111 Å². The fraction of sp³-hybridized carbons (Fsp3) is 0.385. The van der Waals surface area contributed by atoms with Crippen LogP contribution in [-0.4, -0.2) is 37.2 Å². The molecule has 1 aromatic rings. The summed E-state index contributed by atoms with van der Waals surface area (Å²) in [5.74, 6) is 0.398. The second-order valence-electron chi connectivity index (χ2n) is 4.66. The van der Waals surface area contributed by atoms with Crippen molar-refractivity contribution >= 4 is 17.8 Å². The molecule has 0 saturated heterocycles. The summed E-state index contributed by atoms with van der Waals surface area (Å²) in [5.41, 5.74) is 0.579. The minimum absolute atomic E-state index is 0.236.